The summed E-state index contributed by atoms with van der Waals surface area (Å²) in [6.45, 7) is 10.1. The molecule has 1 amide bonds. The number of aliphatic hydroxyl groups is 1. The molecule has 1 atom stereocenters. The molecule has 194 valence electrons. The van der Waals surface area contributed by atoms with Gasteiger partial charge in [0.25, 0.3) is 5.78 Å². The molecule has 1 aliphatic rings. The van der Waals surface area contributed by atoms with E-state index in [2.05, 4.69) is 19.9 Å². The summed E-state index contributed by atoms with van der Waals surface area (Å²) in [5.41, 5.74) is 4.12. The summed E-state index contributed by atoms with van der Waals surface area (Å²) < 4.78 is 6.65. The second-order valence-electron chi connectivity index (χ2n) is 10.2. The molecule has 0 bridgehead atoms. The van der Waals surface area contributed by atoms with E-state index >= 15 is 0 Å². The molecule has 5 rings (SSSR count). The van der Waals surface area contributed by atoms with Gasteiger partial charge in [0.2, 0.25) is 0 Å². The van der Waals surface area contributed by atoms with Crippen molar-refractivity contribution in [1.29, 1.82) is 0 Å². The normalized spacial score (nSPS) is 17.2. The van der Waals surface area contributed by atoms with E-state index in [1.165, 1.54) is 21.8 Å². The number of rotatable bonds is 6. The second kappa shape index (κ2) is 10.1. The van der Waals surface area contributed by atoms with Crippen molar-refractivity contribution in [2.24, 2.45) is 0 Å². The molecule has 4 aromatic rings. The largest absolute Gasteiger partial charge is 0.507 e. The lowest BCUT2D eigenvalue weighted by Gasteiger charge is -2.23. The lowest BCUT2D eigenvalue weighted by Crippen LogP contribution is -2.29. The minimum atomic E-state index is -0.813. The number of aryl methyl sites for hydroxylation is 1. The maximum absolute atomic E-state index is 13.5. The average molecular weight is 527 g/mol. The third kappa shape index (κ3) is 4.70. The van der Waals surface area contributed by atoms with Crippen LogP contribution in [0, 0.1) is 6.92 Å². The number of anilines is 1. The lowest BCUT2D eigenvalue weighted by atomic mass is 9.94. The number of ketones is 1. The Kier molecular flexibility index (Phi) is 6.80. The summed E-state index contributed by atoms with van der Waals surface area (Å²) >= 11 is 1.37. The van der Waals surface area contributed by atoms with Crippen molar-refractivity contribution in [3.63, 3.8) is 0 Å². The van der Waals surface area contributed by atoms with Crippen LogP contribution < -0.4 is 9.64 Å². The SMILES string of the molecule is Cc1cccc(C2/C(=C(\O)c3ccc(OC(C)C)cc3)C(=O)C(=O)N2c2nc3ccc(C(C)C)cc3s2)c1. The fourth-order valence-corrected chi connectivity index (χ4v) is 5.74. The van der Waals surface area contributed by atoms with Crippen LogP contribution in [0.25, 0.3) is 16.0 Å². The predicted octanol–water partition coefficient (Wildman–Crippen LogP) is 7.14. The summed E-state index contributed by atoms with van der Waals surface area (Å²) in [7, 11) is 0. The van der Waals surface area contributed by atoms with Crippen LogP contribution in [0.15, 0.2) is 72.3 Å². The molecule has 0 aliphatic carbocycles. The van der Waals surface area contributed by atoms with Crippen LogP contribution in [0.1, 0.15) is 61.9 Å². The molecule has 1 unspecified atom stereocenters. The first-order valence-electron chi connectivity index (χ1n) is 12.7. The van der Waals surface area contributed by atoms with Gasteiger partial charge in [0, 0.05) is 5.56 Å². The summed E-state index contributed by atoms with van der Waals surface area (Å²) in [6, 6.07) is 19.8. The summed E-state index contributed by atoms with van der Waals surface area (Å²) in [6.07, 6.45) is 0.00604. The van der Waals surface area contributed by atoms with E-state index in [9.17, 15) is 14.7 Å². The number of amides is 1. The molecule has 3 aromatic carbocycles. The number of hydrogen-bond donors (Lipinski definition) is 1. The Morgan fingerprint density at radius 2 is 1.74 bits per heavy atom. The highest BCUT2D eigenvalue weighted by Gasteiger charge is 2.48. The molecule has 7 heteroatoms. The van der Waals surface area contributed by atoms with Crippen molar-refractivity contribution in [3.8, 4) is 5.75 Å². The van der Waals surface area contributed by atoms with Crippen LogP contribution in [0.5, 0.6) is 5.75 Å². The smallest absolute Gasteiger partial charge is 0.301 e. The van der Waals surface area contributed by atoms with Crippen LogP contribution in [-0.2, 0) is 9.59 Å². The fraction of sp³-hybridized carbons (Fsp3) is 0.258. The van der Waals surface area contributed by atoms with Gasteiger partial charge in [0.1, 0.15) is 11.5 Å². The van der Waals surface area contributed by atoms with Crippen LogP contribution in [0.3, 0.4) is 0 Å². The first kappa shape index (κ1) is 25.7. The molecule has 1 aromatic heterocycles. The van der Waals surface area contributed by atoms with Gasteiger partial charge in [-0.15, -0.1) is 0 Å². The number of Topliss-reactive ketones (excluding diaryl/α,β-unsaturated/α-hetero) is 1. The maximum Gasteiger partial charge on any atom is 0.301 e. The molecule has 1 aliphatic heterocycles. The van der Waals surface area contributed by atoms with Crippen molar-refractivity contribution >= 4 is 44.1 Å². The summed E-state index contributed by atoms with van der Waals surface area (Å²) in [5, 5.41) is 11.8. The molecular formula is C31H30N2O4S. The van der Waals surface area contributed by atoms with Crippen molar-refractivity contribution in [2.45, 2.75) is 52.7 Å². The first-order valence-corrected chi connectivity index (χ1v) is 13.5. The van der Waals surface area contributed by atoms with Crippen molar-refractivity contribution in [1.82, 2.24) is 4.98 Å². The zero-order valence-electron chi connectivity index (χ0n) is 22.1. The number of hydrogen-bond acceptors (Lipinski definition) is 6. The molecule has 1 N–H and O–H groups in total. The minimum Gasteiger partial charge on any atom is -0.507 e. The Bertz CT molecular complexity index is 1570. The van der Waals surface area contributed by atoms with Crippen LogP contribution in [0.4, 0.5) is 5.13 Å². The van der Waals surface area contributed by atoms with Crippen LogP contribution >= 0.6 is 11.3 Å². The molecule has 0 saturated carbocycles. The van der Waals surface area contributed by atoms with E-state index in [0.29, 0.717) is 22.4 Å². The van der Waals surface area contributed by atoms with Gasteiger partial charge in [0.15, 0.2) is 5.13 Å². The molecule has 6 nitrogen and oxygen atoms in total. The first-order chi connectivity index (χ1) is 18.1. The molecule has 0 spiro atoms. The van der Waals surface area contributed by atoms with Crippen molar-refractivity contribution in [2.75, 3.05) is 4.90 Å². The number of thiazole rings is 1. The van der Waals surface area contributed by atoms with E-state index in [-0.39, 0.29) is 17.4 Å². The summed E-state index contributed by atoms with van der Waals surface area (Å²) in [4.78, 5) is 33.2. The highest BCUT2D eigenvalue weighted by atomic mass is 32.1. The molecule has 1 saturated heterocycles. The Labute approximate surface area is 226 Å². The standard InChI is InChI=1S/C31H30N2O4S/c1-17(2)21-11-14-24-25(16-21)38-31(32-24)33-27(22-8-6-7-19(5)15-22)26(29(35)30(33)36)28(34)20-9-12-23(13-10-20)37-18(3)4/h6-18,27,34H,1-5H3/b28-26+. The quantitative estimate of drug-likeness (QED) is 0.164. The number of fused-ring (bicyclic) bond motifs is 1. The highest BCUT2D eigenvalue weighted by Crippen LogP contribution is 2.44. The molecule has 1 fully saturated rings. The number of aliphatic hydroxyl groups excluding tert-OH is 1. The predicted molar refractivity (Wildman–Crippen MR) is 152 cm³/mol. The summed E-state index contributed by atoms with van der Waals surface area (Å²) in [5.74, 6) is -0.664. The van der Waals surface area contributed by atoms with Gasteiger partial charge in [-0.2, -0.15) is 0 Å². The van der Waals surface area contributed by atoms with E-state index in [1.807, 2.05) is 57.2 Å². The van der Waals surface area contributed by atoms with Gasteiger partial charge >= 0.3 is 5.91 Å². The zero-order chi connectivity index (χ0) is 27.1. The Morgan fingerprint density at radius 1 is 1.00 bits per heavy atom. The number of carbonyl (C=O) groups excluding carboxylic acids is 2. The third-order valence-electron chi connectivity index (χ3n) is 6.58. The Hall–Kier alpha value is -3.97. The highest BCUT2D eigenvalue weighted by molar-refractivity contribution is 7.22. The van der Waals surface area contributed by atoms with Gasteiger partial charge in [0.05, 0.1) is 27.9 Å². The number of ether oxygens (including phenoxy) is 1. The van der Waals surface area contributed by atoms with Gasteiger partial charge in [-0.3, -0.25) is 14.5 Å². The van der Waals surface area contributed by atoms with Gasteiger partial charge in [-0.1, -0.05) is 61.1 Å². The van der Waals surface area contributed by atoms with Crippen LogP contribution in [-0.4, -0.2) is 27.9 Å². The molecule has 2 heterocycles. The minimum absolute atomic E-state index is 0.00604. The molecular weight excluding hydrogens is 496 g/mol. The third-order valence-corrected chi connectivity index (χ3v) is 7.59. The number of aromatic nitrogens is 1. The average Bonchev–Trinajstić information content (AvgIpc) is 3.41. The van der Waals surface area contributed by atoms with E-state index < -0.39 is 17.7 Å². The van der Waals surface area contributed by atoms with Gasteiger partial charge in [-0.25, -0.2) is 4.98 Å². The lowest BCUT2D eigenvalue weighted by molar-refractivity contribution is -0.132. The van der Waals surface area contributed by atoms with E-state index in [1.54, 1.807) is 24.3 Å². The molecule has 38 heavy (non-hydrogen) atoms. The Balaban J connectivity index is 1.66. The van der Waals surface area contributed by atoms with Gasteiger partial charge < -0.3 is 9.84 Å². The number of nitrogens with zero attached hydrogens (tertiary/aromatic N) is 2. The second-order valence-corrected chi connectivity index (χ2v) is 11.2. The van der Waals surface area contributed by atoms with E-state index in [4.69, 9.17) is 9.72 Å². The number of benzene rings is 3. The van der Waals surface area contributed by atoms with Gasteiger partial charge in [-0.05, 0) is 74.2 Å². The number of carbonyl (C=O) groups is 2. The maximum atomic E-state index is 13.5. The zero-order valence-corrected chi connectivity index (χ0v) is 22.9. The van der Waals surface area contributed by atoms with E-state index in [0.717, 1.165) is 21.3 Å². The van der Waals surface area contributed by atoms with Crippen molar-refractivity contribution < 1.29 is 19.4 Å². The Morgan fingerprint density at radius 3 is 2.39 bits per heavy atom. The fourth-order valence-electron chi connectivity index (χ4n) is 4.70. The van der Waals surface area contributed by atoms with Crippen LogP contribution in [0.2, 0.25) is 0 Å². The monoisotopic (exact) mass is 526 g/mol. The van der Waals surface area contributed by atoms with Crippen molar-refractivity contribution in [3.05, 3.63) is 94.6 Å². The topological polar surface area (TPSA) is 79.7 Å². The molecule has 0 radical (unpaired) electrons.